The van der Waals surface area contributed by atoms with E-state index in [2.05, 4.69) is 21.2 Å². The molecule has 0 bridgehead atoms. The Morgan fingerprint density at radius 3 is 2.10 bits per heavy atom. The number of para-hydroxylation sites is 4. The van der Waals surface area contributed by atoms with Gasteiger partial charge >= 0.3 is 0 Å². The maximum absolute atomic E-state index is 12.2. The Bertz CT molecular complexity index is 942. The van der Waals surface area contributed by atoms with Gasteiger partial charge < -0.3 is 20.1 Å². The number of amides is 3. The highest BCUT2D eigenvalue weighted by Gasteiger charge is 2.10. The van der Waals surface area contributed by atoms with Gasteiger partial charge in [-0.2, -0.15) is 5.10 Å². The van der Waals surface area contributed by atoms with Gasteiger partial charge in [0.2, 0.25) is 11.8 Å². The van der Waals surface area contributed by atoms with E-state index in [0.29, 0.717) is 28.6 Å². The van der Waals surface area contributed by atoms with Crippen molar-refractivity contribution in [1.82, 2.24) is 5.43 Å². The minimum Gasteiger partial charge on any atom is -0.493 e. The number of anilines is 2. The van der Waals surface area contributed by atoms with Crippen molar-refractivity contribution in [2.45, 2.75) is 20.3 Å². The molecule has 0 saturated carbocycles. The summed E-state index contributed by atoms with van der Waals surface area (Å²) in [7, 11) is 1.51. The van der Waals surface area contributed by atoms with E-state index in [0.717, 1.165) is 0 Å². The number of carbonyl (C=O) groups excluding carboxylic acids is 3. The van der Waals surface area contributed by atoms with E-state index in [1.54, 1.807) is 55.5 Å². The Balaban J connectivity index is 1.84. The van der Waals surface area contributed by atoms with Gasteiger partial charge in [-0.1, -0.05) is 24.3 Å². The van der Waals surface area contributed by atoms with Crippen LogP contribution in [-0.4, -0.2) is 37.1 Å². The van der Waals surface area contributed by atoms with Gasteiger partial charge in [0, 0.05) is 12.6 Å². The Morgan fingerprint density at radius 1 is 0.867 bits per heavy atom. The molecular weight excluding hydrogens is 388 g/mol. The van der Waals surface area contributed by atoms with Gasteiger partial charge in [0.05, 0.1) is 24.9 Å². The van der Waals surface area contributed by atoms with Gasteiger partial charge in [0.1, 0.15) is 0 Å². The first-order valence-corrected chi connectivity index (χ1v) is 9.13. The summed E-state index contributed by atoms with van der Waals surface area (Å²) in [4.78, 5) is 35.4. The Hall–Kier alpha value is -3.88. The molecule has 9 heteroatoms. The zero-order valence-electron chi connectivity index (χ0n) is 17.0. The van der Waals surface area contributed by atoms with E-state index >= 15 is 0 Å². The fraction of sp³-hybridized carbons (Fsp3) is 0.238. The summed E-state index contributed by atoms with van der Waals surface area (Å²) >= 11 is 0. The van der Waals surface area contributed by atoms with Crippen LogP contribution in [0.15, 0.2) is 53.6 Å². The van der Waals surface area contributed by atoms with E-state index in [1.807, 2.05) is 0 Å². The standard InChI is InChI=1S/C21H24N4O5/c1-14(12-20(27)23-17-9-5-4-8-16(17)22-15(2)26)24-25-21(28)13-30-19-11-7-6-10-18(19)29-3/h4-11H,12-13H2,1-3H3,(H,22,26)(H,23,27)(H,25,28)/b24-14-. The van der Waals surface area contributed by atoms with Crippen molar-refractivity contribution in [2.75, 3.05) is 24.4 Å². The van der Waals surface area contributed by atoms with Crippen molar-refractivity contribution in [3.05, 3.63) is 48.5 Å². The van der Waals surface area contributed by atoms with Crippen LogP contribution in [0, 0.1) is 0 Å². The first-order chi connectivity index (χ1) is 14.4. The van der Waals surface area contributed by atoms with Crippen molar-refractivity contribution in [3.63, 3.8) is 0 Å². The van der Waals surface area contributed by atoms with Gasteiger partial charge in [0.25, 0.3) is 5.91 Å². The molecule has 0 fully saturated rings. The molecule has 0 unspecified atom stereocenters. The number of hydrogen-bond acceptors (Lipinski definition) is 6. The van der Waals surface area contributed by atoms with Crippen LogP contribution in [0.5, 0.6) is 11.5 Å². The molecule has 3 N–H and O–H groups in total. The third kappa shape index (κ3) is 7.27. The van der Waals surface area contributed by atoms with Crippen LogP contribution in [0.2, 0.25) is 0 Å². The Kier molecular flexibility index (Phi) is 8.37. The van der Waals surface area contributed by atoms with E-state index in [-0.39, 0.29) is 24.8 Å². The molecule has 30 heavy (non-hydrogen) atoms. The molecule has 0 heterocycles. The third-order valence-corrected chi connectivity index (χ3v) is 3.73. The minimum atomic E-state index is -0.475. The predicted octanol–water partition coefficient (Wildman–Crippen LogP) is 2.55. The Labute approximate surface area is 174 Å². The molecule has 0 aliphatic carbocycles. The maximum atomic E-state index is 12.2. The predicted molar refractivity (Wildman–Crippen MR) is 114 cm³/mol. The molecule has 9 nitrogen and oxygen atoms in total. The number of rotatable bonds is 9. The van der Waals surface area contributed by atoms with Crippen LogP contribution in [0.3, 0.4) is 0 Å². The number of hydrazone groups is 1. The molecule has 0 atom stereocenters. The molecule has 2 aromatic rings. The van der Waals surface area contributed by atoms with Crippen LogP contribution in [-0.2, 0) is 14.4 Å². The van der Waals surface area contributed by atoms with Gasteiger partial charge in [-0.25, -0.2) is 5.43 Å². The van der Waals surface area contributed by atoms with Crippen molar-refractivity contribution in [1.29, 1.82) is 0 Å². The number of ether oxygens (including phenoxy) is 2. The van der Waals surface area contributed by atoms with Crippen LogP contribution < -0.4 is 25.5 Å². The summed E-state index contributed by atoms with van der Waals surface area (Å²) in [6, 6.07) is 13.8. The molecular formula is C21H24N4O5. The van der Waals surface area contributed by atoms with Crippen LogP contribution in [0.25, 0.3) is 0 Å². The molecule has 0 aromatic heterocycles. The molecule has 0 saturated heterocycles. The summed E-state index contributed by atoms with van der Waals surface area (Å²) in [6.45, 7) is 2.74. The van der Waals surface area contributed by atoms with Gasteiger partial charge in [-0.3, -0.25) is 14.4 Å². The highest BCUT2D eigenvalue weighted by molar-refractivity contribution is 6.07. The first kappa shape index (κ1) is 22.4. The van der Waals surface area contributed by atoms with Crippen molar-refractivity contribution < 1.29 is 23.9 Å². The summed E-state index contributed by atoms with van der Waals surface area (Å²) in [5, 5.41) is 9.26. The van der Waals surface area contributed by atoms with Gasteiger partial charge in [0.15, 0.2) is 18.1 Å². The van der Waals surface area contributed by atoms with Gasteiger partial charge in [-0.15, -0.1) is 0 Å². The lowest BCUT2D eigenvalue weighted by molar-refractivity contribution is -0.123. The minimum absolute atomic E-state index is 0.0396. The normalized spacial score (nSPS) is 10.7. The number of nitrogens with one attached hydrogen (secondary N) is 3. The quantitative estimate of drug-likeness (QED) is 0.432. The molecule has 2 rings (SSSR count). The van der Waals surface area contributed by atoms with Crippen LogP contribution in [0.4, 0.5) is 11.4 Å². The highest BCUT2D eigenvalue weighted by atomic mass is 16.5. The van der Waals surface area contributed by atoms with Gasteiger partial charge in [-0.05, 0) is 31.2 Å². The number of hydrogen-bond donors (Lipinski definition) is 3. The molecule has 0 aliphatic rings. The summed E-state index contributed by atoms with van der Waals surface area (Å²) in [5.74, 6) is -0.105. The second-order valence-electron chi connectivity index (χ2n) is 6.27. The lowest BCUT2D eigenvalue weighted by Gasteiger charge is -2.11. The largest absolute Gasteiger partial charge is 0.493 e. The summed E-state index contributed by atoms with van der Waals surface area (Å²) < 4.78 is 10.6. The lowest BCUT2D eigenvalue weighted by Crippen LogP contribution is -2.26. The van der Waals surface area contributed by atoms with E-state index in [9.17, 15) is 14.4 Å². The zero-order chi connectivity index (χ0) is 21.9. The number of methoxy groups -OCH3 is 1. The van der Waals surface area contributed by atoms with Crippen molar-refractivity contribution in [2.24, 2.45) is 5.10 Å². The Morgan fingerprint density at radius 2 is 1.47 bits per heavy atom. The maximum Gasteiger partial charge on any atom is 0.277 e. The molecule has 3 amide bonds. The third-order valence-electron chi connectivity index (χ3n) is 3.73. The average Bonchev–Trinajstić information content (AvgIpc) is 2.72. The topological polar surface area (TPSA) is 118 Å². The monoisotopic (exact) mass is 412 g/mol. The van der Waals surface area contributed by atoms with Crippen molar-refractivity contribution in [3.8, 4) is 11.5 Å². The molecule has 158 valence electrons. The summed E-state index contributed by atoms with van der Waals surface area (Å²) in [5.41, 5.74) is 3.71. The fourth-order valence-electron chi connectivity index (χ4n) is 2.43. The smallest absolute Gasteiger partial charge is 0.277 e. The number of benzene rings is 2. The second-order valence-corrected chi connectivity index (χ2v) is 6.27. The molecule has 0 radical (unpaired) electrons. The van der Waals surface area contributed by atoms with Crippen LogP contribution in [0.1, 0.15) is 20.3 Å². The fourth-order valence-corrected chi connectivity index (χ4v) is 2.43. The van der Waals surface area contributed by atoms with E-state index in [1.165, 1.54) is 14.0 Å². The van der Waals surface area contributed by atoms with E-state index < -0.39 is 5.91 Å². The SMILES string of the molecule is COc1ccccc1OCC(=O)N/N=C(/C)CC(=O)Nc1ccccc1NC(C)=O. The number of nitrogens with zero attached hydrogens (tertiary/aromatic N) is 1. The van der Waals surface area contributed by atoms with Crippen molar-refractivity contribution >= 4 is 34.8 Å². The second kappa shape index (κ2) is 11.2. The average molecular weight is 412 g/mol. The van der Waals surface area contributed by atoms with E-state index in [4.69, 9.17) is 9.47 Å². The highest BCUT2D eigenvalue weighted by Crippen LogP contribution is 2.25. The van der Waals surface area contributed by atoms with Crippen LogP contribution >= 0.6 is 0 Å². The zero-order valence-corrected chi connectivity index (χ0v) is 17.0. The lowest BCUT2D eigenvalue weighted by atomic mass is 10.2. The number of carbonyl (C=O) groups is 3. The first-order valence-electron chi connectivity index (χ1n) is 9.13. The molecule has 2 aromatic carbocycles. The summed E-state index contributed by atoms with van der Waals surface area (Å²) in [6.07, 6.45) is -0.0396. The molecule has 0 spiro atoms. The molecule has 0 aliphatic heterocycles.